The van der Waals surface area contributed by atoms with Crippen LogP contribution in [0.25, 0.3) is 0 Å². The highest BCUT2D eigenvalue weighted by Gasteiger charge is 2.21. The zero-order valence-electron chi connectivity index (χ0n) is 12.3. The SMILES string of the molecule is CCC(c1ccccc1)C(CC)c1ccc(C)cc1. The van der Waals surface area contributed by atoms with Crippen LogP contribution in [0, 0.1) is 6.92 Å². The van der Waals surface area contributed by atoms with Crippen LogP contribution < -0.4 is 0 Å². The average molecular weight is 252 g/mol. The van der Waals surface area contributed by atoms with Gasteiger partial charge < -0.3 is 0 Å². The van der Waals surface area contributed by atoms with E-state index < -0.39 is 0 Å². The average Bonchev–Trinajstić information content (AvgIpc) is 2.47. The quantitative estimate of drug-likeness (QED) is 0.642. The predicted octanol–water partition coefficient (Wildman–Crippen LogP) is 5.68. The molecule has 0 bridgehead atoms. The van der Waals surface area contributed by atoms with Crippen molar-refractivity contribution in [3.05, 3.63) is 71.3 Å². The van der Waals surface area contributed by atoms with Crippen LogP contribution in [0.1, 0.15) is 55.2 Å². The molecule has 2 aromatic rings. The first-order valence-corrected chi connectivity index (χ1v) is 7.37. The maximum absolute atomic E-state index is 2.30. The molecule has 2 rings (SSSR count). The normalized spacial score (nSPS) is 14.1. The summed E-state index contributed by atoms with van der Waals surface area (Å²) in [5, 5.41) is 0. The van der Waals surface area contributed by atoms with Gasteiger partial charge in [0.15, 0.2) is 0 Å². The Morgan fingerprint density at radius 2 is 1.16 bits per heavy atom. The van der Waals surface area contributed by atoms with Crippen molar-refractivity contribution in [1.82, 2.24) is 0 Å². The Kier molecular flexibility index (Phi) is 4.79. The summed E-state index contributed by atoms with van der Waals surface area (Å²) in [6, 6.07) is 20.0. The first-order chi connectivity index (χ1) is 9.26. The van der Waals surface area contributed by atoms with Gasteiger partial charge in [-0.05, 0) is 42.7 Å². The molecule has 0 saturated carbocycles. The molecule has 2 atom stereocenters. The number of benzene rings is 2. The molecule has 0 heterocycles. The van der Waals surface area contributed by atoms with Crippen molar-refractivity contribution < 1.29 is 0 Å². The van der Waals surface area contributed by atoms with E-state index >= 15 is 0 Å². The summed E-state index contributed by atoms with van der Waals surface area (Å²) in [7, 11) is 0. The second-order valence-corrected chi connectivity index (χ2v) is 5.35. The van der Waals surface area contributed by atoms with E-state index in [2.05, 4.69) is 75.4 Å². The van der Waals surface area contributed by atoms with Gasteiger partial charge in [0.25, 0.3) is 0 Å². The number of hydrogen-bond acceptors (Lipinski definition) is 0. The fourth-order valence-electron chi connectivity index (χ4n) is 3.02. The van der Waals surface area contributed by atoms with Gasteiger partial charge in [0, 0.05) is 0 Å². The third-order valence-corrected chi connectivity index (χ3v) is 4.10. The van der Waals surface area contributed by atoms with Gasteiger partial charge in [-0.25, -0.2) is 0 Å². The van der Waals surface area contributed by atoms with Crippen LogP contribution in [-0.2, 0) is 0 Å². The van der Waals surface area contributed by atoms with Gasteiger partial charge in [-0.3, -0.25) is 0 Å². The lowest BCUT2D eigenvalue weighted by Gasteiger charge is -2.26. The van der Waals surface area contributed by atoms with Gasteiger partial charge in [-0.2, -0.15) is 0 Å². The van der Waals surface area contributed by atoms with Crippen molar-refractivity contribution >= 4 is 0 Å². The number of rotatable bonds is 5. The molecule has 0 spiro atoms. The summed E-state index contributed by atoms with van der Waals surface area (Å²) in [5.74, 6) is 1.24. The largest absolute Gasteiger partial charge is 0.0648 e. The Morgan fingerprint density at radius 1 is 0.684 bits per heavy atom. The lowest BCUT2D eigenvalue weighted by molar-refractivity contribution is 0.510. The van der Waals surface area contributed by atoms with Gasteiger partial charge in [-0.15, -0.1) is 0 Å². The van der Waals surface area contributed by atoms with Gasteiger partial charge in [0.1, 0.15) is 0 Å². The third-order valence-electron chi connectivity index (χ3n) is 4.10. The van der Waals surface area contributed by atoms with Crippen LogP contribution in [0.2, 0.25) is 0 Å². The molecule has 0 aromatic heterocycles. The Balaban J connectivity index is 2.31. The van der Waals surface area contributed by atoms with Crippen molar-refractivity contribution in [3.63, 3.8) is 0 Å². The highest BCUT2D eigenvalue weighted by atomic mass is 14.3. The summed E-state index contributed by atoms with van der Waals surface area (Å²) < 4.78 is 0. The summed E-state index contributed by atoms with van der Waals surface area (Å²) in [4.78, 5) is 0. The summed E-state index contributed by atoms with van der Waals surface area (Å²) in [6.45, 7) is 6.75. The molecule has 0 aliphatic heterocycles. The maximum atomic E-state index is 2.30. The molecule has 19 heavy (non-hydrogen) atoms. The van der Waals surface area contributed by atoms with E-state index in [0.29, 0.717) is 11.8 Å². The molecule has 0 aliphatic carbocycles. The zero-order valence-corrected chi connectivity index (χ0v) is 12.3. The van der Waals surface area contributed by atoms with Crippen molar-refractivity contribution in [2.24, 2.45) is 0 Å². The smallest absolute Gasteiger partial charge is 0.00958 e. The molecule has 0 N–H and O–H groups in total. The monoisotopic (exact) mass is 252 g/mol. The predicted molar refractivity (Wildman–Crippen MR) is 83.7 cm³/mol. The Morgan fingerprint density at radius 3 is 1.63 bits per heavy atom. The van der Waals surface area contributed by atoms with E-state index in [1.165, 1.54) is 29.5 Å². The number of hydrogen-bond donors (Lipinski definition) is 0. The molecule has 100 valence electrons. The van der Waals surface area contributed by atoms with Crippen molar-refractivity contribution in [2.75, 3.05) is 0 Å². The molecule has 0 aliphatic rings. The maximum Gasteiger partial charge on any atom is -0.00958 e. The highest BCUT2D eigenvalue weighted by molar-refractivity contribution is 5.30. The van der Waals surface area contributed by atoms with E-state index in [4.69, 9.17) is 0 Å². The summed E-state index contributed by atoms with van der Waals surface area (Å²) in [5.41, 5.74) is 4.28. The molecule has 0 fully saturated rings. The lowest BCUT2D eigenvalue weighted by Crippen LogP contribution is -2.10. The van der Waals surface area contributed by atoms with Crippen LogP contribution >= 0.6 is 0 Å². The fraction of sp³-hybridized carbons (Fsp3) is 0.368. The molecule has 0 amide bonds. The minimum absolute atomic E-state index is 0.619. The van der Waals surface area contributed by atoms with E-state index in [0.717, 1.165) is 0 Å². The Labute approximate surface area is 117 Å². The zero-order chi connectivity index (χ0) is 13.7. The Hall–Kier alpha value is -1.56. The topological polar surface area (TPSA) is 0 Å². The van der Waals surface area contributed by atoms with Crippen molar-refractivity contribution in [2.45, 2.75) is 45.4 Å². The minimum atomic E-state index is 0.619. The van der Waals surface area contributed by atoms with Gasteiger partial charge in [0.2, 0.25) is 0 Å². The summed E-state index contributed by atoms with van der Waals surface area (Å²) >= 11 is 0. The molecular formula is C19H24. The molecular weight excluding hydrogens is 228 g/mol. The van der Waals surface area contributed by atoms with Gasteiger partial charge >= 0.3 is 0 Å². The van der Waals surface area contributed by atoms with E-state index in [-0.39, 0.29) is 0 Å². The summed E-state index contributed by atoms with van der Waals surface area (Å²) in [6.07, 6.45) is 2.38. The van der Waals surface area contributed by atoms with Gasteiger partial charge in [0.05, 0.1) is 0 Å². The second kappa shape index (κ2) is 6.56. The fourth-order valence-corrected chi connectivity index (χ4v) is 3.02. The van der Waals surface area contributed by atoms with E-state index in [1.54, 1.807) is 0 Å². The molecule has 2 unspecified atom stereocenters. The van der Waals surface area contributed by atoms with Crippen molar-refractivity contribution in [3.8, 4) is 0 Å². The van der Waals surface area contributed by atoms with Crippen LogP contribution in [0.3, 0.4) is 0 Å². The second-order valence-electron chi connectivity index (χ2n) is 5.35. The van der Waals surface area contributed by atoms with Crippen LogP contribution in [0.5, 0.6) is 0 Å². The highest BCUT2D eigenvalue weighted by Crippen LogP contribution is 2.37. The van der Waals surface area contributed by atoms with Crippen LogP contribution in [-0.4, -0.2) is 0 Å². The molecule has 0 saturated heterocycles. The minimum Gasteiger partial charge on any atom is -0.0648 e. The third kappa shape index (κ3) is 3.26. The standard InChI is InChI=1S/C19H24/c1-4-18(16-9-7-6-8-10-16)19(5-2)17-13-11-15(3)12-14-17/h6-14,18-19H,4-5H2,1-3H3. The van der Waals surface area contributed by atoms with E-state index in [9.17, 15) is 0 Å². The Bertz CT molecular complexity index is 481. The molecule has 0 radical (unpaired) electrons. The first-order valence-electron chi connectivity index (χ1n) is 7.37. The van der Waals surface area contributed by atoms with Crippen molar-refractivity contribution in [1.29, 1.82) is 0 Å². The molecule has 0 nitrogen and oxygen atoms in total. The van der Waals surface area contributed by atoms with Crippen LogP contribution in [0.15, 0.2) is 54.6 Å². The van der Waals surface area contributed by atoms with Gasteiger partial charge in [-0.1, -0.05) is 74.0 Å². The number of aryl methyl sites for hydroxylation is 1. The first kappa shape index (κ1) is 13.9. The van der Waals surface area contributed by atoms with E-state index in [1.807, 2.05) is 0 Å². The van der Waals surface area contributed by atoms with Crippen LogP contribution in [0.4, 0.5) is 0 Å². The lowest BCUT2D eigenvalue weighted by atomic mass is 9.78. The molecule has 2 aromatic carbocycles. The molecule has 0 heteroatoms.